The van der Waals surface area contributed by atoms with E-state index in [1.54, 1.807) is 25.2 Å². The molecule has 0 bridgehead atoms. The Bertz CT molecular complexity index is 1240. The zero-order valence-corrected chi connectivity index (χ0v) is 18.5. The number of carbonyl (C=O) groups excluding carboxylic acids is 2. The Morgan fingerprint density at radius 2 is 1.94 bits per heavy atom. The molecule has 0 spiro atoms. The molecule has 5 rings (SSSR count). The summed E-state index contributed by atoms with van der Waals surface area (Å²) < 4.78 is 16.1. The van der Waals surface area contributed by atoms with Gasteiger partial charge >= 0.3 is 0 Å². The van der Waals surface area contributed by atoms with Crippen molar-refractivity contribution in [1.29, 1.82) is 0 Å². The number of halogens is 1. The molecule has 0 aliphatic carbocycles. The Kier molecular flexibility index (Phi) is 5.51. The van der Waals surface area contributed by atoms with Gasteiger partial charge in [-0.2, -0.15) is 5.10 Å². The Morgan fingerprint density at radius 3 is 2.73 bits per heavy atom. The molecule has 0 saturated heterocycles. The van der Waals surface area contributed by atoms with Gasteiger partial charge in [-0.1, -0.05) is 35.9 Å². The van der Waals surface area contributed by atoms with Gasteiger partial charge < -0.3 is 18.8 Å². The number of carbonyl (C=O) groups is 2. The summed E-state index contributed by atoms with van der Waals surface area (Å²) in [5, 5.41) is 6.60. The van der Waals surface area contributed by atoms with E-state index in [0.29, 0.717) is 28.7 Å². The first kappa shape index (κ1) is 21.1. The molecule has 2 amide bonds. The topological polar surface area (TPSA) is 84.6 Å². The van der Waals surface area contributed by atoms with E-state index in [2.05, 4.69) is 5.10 Å². The first-order valence-electron chi connectivity index (χ1n) is 10.3. The Hall–Kier alpha value is -3.78. The van der Waals surface area contributed by atoms with E-state index in [4.69, 9.17) is 25.5 Å². The number of hydrogen-bond acceptors (Lipinski definition) is 6. The van der Waals surface area contributed by atoms with Gasteiger partial charge in [-0.25, -0.2) is 5.01 Å². The van der Waals surface area contributed by atoms with Crippen LogP contribution in [0.4, 0.5) is 0 Å². The van der Waals surface area contributed by atoms with Crippen LogP contribution in [0, 0.1) is 0 Å². The molecule has 3 heterocycles. The fourth-order valence-corrected chi connectivity index (χ4v) is 4.16. The van der Waals surface area contributed by atoms with E-state index in [-0.39, 0.29) is 37.0 Å². The minimum absolute atomic E-state index is 0.160. The van der Waals surface area contributed by atoms with E-state index >= 15 is 0 Å². The number of amides is 2. The van der Waals surface area contributed by atoms with Crippen molar-refractivity contribution >= 4 is 29.1 Å². The summed E-state index contributed by atoms with van der Waals surface area (Å²) >= 11 is 6.40. The lowest BCUT2D eigenvalue weighted by Crippen LogP contribution is -2.39. The summed E-state index contributed by atoms with van der Waals surface area (Å²) in [5.41, 5.74) is 2.30. The van der Waals surface area contributed by atoms with Crippen molar-refractivity contribution in [3.05, 3.63) is 82.8 Å². The van der Waals surface area contributed by atoms with Crippen molar-refractivity contribution in [2.24, 2.45) is 5.10 Å². The molecular formula is C24H20ClN3O5. The molecule has 3 aromatic rings. The van der Waals surface area contributed by atoms with Gasteiger partial charge in [0.1, 0.15) is 6.54 Å². The minimum atomic E-state index is -0.387. The average Bonchev–Trinajstić information content (AvgIpc) is 3.58. The first-order valence-corrected chi connectivity index (χ1v) is 10.7. The lowest BCUT2D eigenvalue weighted by molar-refractivity contribution is -0.133. The fraction of sp³-hybridized carbons (Fsp3) is 0.208. The molecule has 2 aromatic carbocycles. The van der Waals surface area contributed by atoms with Crippen LogP contribution in [0.1, 0.15) is 34.1 Å². The standard InChI is InChI=1S/C24H20ClN3O5/c1-27(24(30)21-7-4-10-31-21)13-23(29)28-19(15-8-9-20-22(11-15)33-14-32-20)12-18(26-28)16-5-2-3-6-17(16)25/h2-11,19H,12-14H2,1H3/t19-/m1/s1. The maximum Gasteiger partial charge on any atom is 0.289 e. The third kappa shape index (κ3) is 4.05. The molecule has 8 nitrogen and oxygen atoms in total. The third-order valence-corrected chi connectivity index (χ3v) is 5.91. The lowest BCUT2D eigenvalue weighted by atomic mass is 9.98. The molecule has 0 radical (unpaired) electrons. The highest BCUT2D eigenvalue weighted by Gasteiger charge is 2.35. The van der Waals surface area contributed by atoms with Gasteiger partial charge in [0.15, 0.2) is 17.3 Å². The van der Waals surface area contributed by atoms with Crippen LogP contribution < -0.4 is 9.47 Å². The highest BCUT2D eigenvalue weighted by Crippen LogP contribution is 2.39. The number of benzene rings is 2. The highest BCUT2D eigenvalue weighted by atomic mass is 35.5. The summed E-state index contributed by atoms with van der Waals surface area (Å²) in [6.07, 6.45) is 1.88. The quantitative estimate of drug-likeness (QED) is 0.566. The van der Waals surface area contributed by atoms with E-state index < -0.39 is 0 Å². The van der Waals surface area contributed by atoms with Crippen molar-refractivity contribution in [1.82, 2.24) is 9.91 Å². The number of hydrazone groups is 1. The van der Waals surface area contributed by atoms with Crippen molar-refractivity contribution in [2.75, 3.05) is 20.4 Å². The van der Waals surface area contributed by atoms with Gasteiger partial charge in [0.2, 0.25) is 6.79 Å². The van der Waals surface area contributed by atoms with Gasteiger partial charge in [0.25, 0.3) is 11.8 Å². The van der Waals surface area contributed by atoms with Crippen molar-refractivity contribution in [2.45, 2.75) is 12.5 Å². The average molecular weight is 466 g/mol. The number of likely N-dealkylation sites (N-methyl/N-ethyl adjacent to an activating group) is 1. The highest BCUT2D eigenvalue weighted by molar-refractivity contribution is 6.34. The molecule has 1 aromatic heterocycles. The molecule has 0 saturated carbocycles. The van der Waals surface area contributed by atoms with Crippen LogP contribution in [0.3, 0.4) is 0 Å². The molecule has 0 fully saturated rings. The van der Waals surface area contributed by atoms with Gasteiger partial charge in [-0.15, -0.1) is 0 Å². The molecule has 0 unspecified atom stereocenters. The number of hydrogen-bond donors (Lipinski definition) is 0. The van der Waals surface area contributed by atoms with Crippen molar-refractivity contribution < 1.29 is 23.5 Å². The summed E-state index contributed by atoms with van der Waals surface area (Å²) in [6.45, 7) is -0.00690. The number of ether oxygens (including phenoxy) is 2. The largest absolute Gasteiger partial charge is 0.459 e. The lowest BCUT2D eigenvalue weighted by Gasteiger charge is -2.24. The van der Waals surface area contributed by atoms with Gasteiger partial charge in [-0.05, 0) is 35.9 Å². The molecular weight excluding hydrogens is 446 g/mol. The Balaban J connectivity index is 1.44. The number of fused-ring (bicyclic) bond motifs is 1. The zero-order chi connectivity index (χ0) is 22.9. The number of furan rings is 1. The monoisotopic (exact) mass is 465 g/mol. The normalized spacial score (nSPS) is 16.6. The number of rotatable bonds is 5. The molecule has 168 valence electrons. The van der Waals surface area contributed by atoms with Gasteiger partial charge in [0.05, 0.1) is 18.0 Å². The molecule has 0 N–H and O–H groups in total. The van der Waals surface area contributed by atoms with E-state index in [9.17, 15) is 9.59 Å². The second-order valence-electron chi connectivity index (χ2n) is 7.74. The van der Waals surface area contributed by atoms with Crippen LogP contribution in [0.5, 0.6) is 11.5 Å². The van der Waals surface area contributed by atoms with Gasteiger partial charge in [-0.3, -0.25) is 9.59 Å². The van der Waals surface area contributed by atoms with Crippen LogP contribution in [-0.2, 0) is 4.79 Å². The van der Waals surface area contributed by atoms with Crippen LogP contribution in [0.25, 0.3) is 0 Å². The third-order valence-electron chi connectivity index (χ3n) is 5.58. The smallest absolute Gasteiger partial charge is 0.289 e. The van der Waals surface area contributed by atoms with Crippen LogP contribution in [0.2, 0.25) is 5.02 Å². The van der Waals surface area contributed by atoms with Crippen LogP contribution in [0.15, 0.2) is 70.4 Å². The first-order chi connectivity index (χ1) is 16.0. The molecule has 9 heteroatoms. The summed E-state index contributed by atoms with van der Waals surface area (Å²) in [6, 6.07) is 15.7. The second kappa shape index (κ2) is 8.63. The van der Waals surface area contributed by atoms with Crippen molar-refractivity contribution in [3.8, 4) is 11.5 Å². The molecule has 2 aliphatic heterocycles. The van der Waals surface area contributed by atoms with E-state index in [1.165, 1.54) is 16.2 Å². The molecule has 1 atom stereocenters. The second-order valence-corrected chi connectivity index (χ2v) is 8.14. The molecule has 2 aliphatic rings. The maximum absolute atomic E-state index is 13.3. The Morgan fingerprint density at radius 1 is 1.12 bits per heavy atom. The summed E-state index contributed by atoms with van der Waals surface area (Å²) in [4.78, 5) is 27.2. The minimum Gasteiger partial charge on any atom is -0.459 e. The van der Waals surface area contributed by atoms with Crippen LogP contribution in [-0.4, -0.2) is 47.8 Å². The van der Waals surface area contributed by atoms with E-state index in [1.807, 2.05) is 36.4 Å². The Labute approximate surface area is 194 Å². The summed E-state index contributed by atoms with van der Waals surface area (Å²) in [7, 11) is 1.55. The van der Waals surface area contributed by atoms with Crippen molar-refractivity contribution in [3.63, 3.8) is 0 Å². The SMILES string of the molecule is CN(CC(=O)N1N=C(c2ccccc2Cl)C[C@@H]1c1ccc2c(c1)OCO2)C(=O)c1ccco1. The van der Waals surface area contributed by atoms with Gasteiger partial charge in [0, 0.05) is 24.1 Å². The van der Waals surface area contributed by atoms with Crippen LogP contribution >= 0.6 is 11.6 Å². The number of nitrogens with zero attached hydrogens (tertiary/aromatic N) is 3. The summed E-state index contributed by atoms with van der Waals surface area (Å²) in [5.74, 6) is 0.728. The predicted octanol–water partition coefficient (Wildman–Crippen LogP) is 4.11. The fourth-order valence-electron chi connectivity index (χ4n) is 3.91. The van der Waals surface area contributed by atoms with E-state index in [0.717, 1.165) is 11.1 Å². The maximum atomic E-state index is 13.3. The molecule has 33 heavy (non-hydrogen) atoms. The zero-order valence-electron chi connectivity index (χ0n) is 17.7. The predicted molar refractivity (Wildman–Crippen MR) is 120 cm³/mol.